The quantitative estimate of drug-likeness (QED) is 0.314. The summed E-state index contributed by atoms with van der Waals surface area (Å²) in [7, 11) is 0. The topological polar surface area (TPSA) is 58.5 Å². The third-order valence-corrected chi connectivity index (χ3v) is 7.77. The summed E-state index contributed by atoms with van der Waals surface area (Å²) in [4.78, 5) is 11.1. The van der Waals surface area contributed by atoms with E-state index in [2.05, 4.69) is 96.3 Å². The van der Waals surface area contributed by atoms with Crippen molar-refractivity contribution in [2.45, 2.75) is 45.3 Å². The van der Waals surface area contributed by atoms with E-state index in [0.29, 0.717) is 19.1 Å². The molecule has 2 aromatic carbocycles. The second-order valence-corrected chi connectivity index (χ2v) is 10.4. The lowest BCUT2D eigenvalue weighted by molar-refractivity contribution is 0.198. The van der Waals surface area contributed by atoms with E-state index >= 15 is 0 Å². The highest BCUT2D eigenvalue weighted by atomic mass is 16.5. The molecular weight excluding hydrogens is 458 g/mol. The minimum absolute atomic E-state index is 0.142. The molecule has 4 aromatic rings. The van der Waals surface area contributed by atoms with Crippen LogP contribution in [-0.2, 0) is 12.0 Å². The van der Waals surface area contributed by atoms with Gasteiger partial charge in [0.2, 0.25) is 0 Å². The van der Waals surface area contributed by atoms with Gasteiger partial charge in [-0.2, -0.15) is 0 Å². The van der Waals surface area contributed by atoms with Crippen molar-refractivity contribution in [3.8, 4) is 16.9 Å². The summed E-state index contributed by atoms with van der Waals surface area (Å²) < 4.78 is 5.95. The van der Waals surface area contributed by atoms with Crippen LogP contribution in [-0.4, -0.2) is 34.3 Å². The Balaban J connectivity index is 1.31. The molecule has 37 heavy (non-hydrogen) atoms. The molecule has 5 heteroatoms. The van der Waals surface area contributed by atoms with Gasteiger partial charge in [0.15, 0.2) is 0 Å². The van der Waals surface area contributed by atoms with Crippen molar-refractivity contribution in [3.63, 3.8) is 0 Å². The molecule has 0 radical (unpaired) electrons. The Bertz CT molecular complexity index is 1290. The van der Waals surface area contributed by atoms with Crippen LogP contribution in [0.2, 0.25) is 0 Å². The number of ether oxygens (including phenoxy) is 1. The molecular formula is C32H35N3O2. The molecule has 1 unspecified atom stereocenters. The normalized spacial score (nSPS) is 17.1. The molecule has 1 N–H and O–H groups in total. The number of benzene rings is 2. The molecule has 1 saturated heterocycles. The highest BCUT2D eigenvalue weighted by Gasteiger charge is 2.32. The summed E-state index contributed by atoms with van der Waals surface area (Å²) in [6, 6.07) is 27.4. The van der Waals surface area contributed by atoms with Gasteiger partial charge in [0, 0.05) is 36.5 Å². The van der Waals surface area contributed by atoms with Crippen molar-refractivity contribution in [1.29, 1.82) is 0 Å². The smallest absolute Gasteiger partial charge is 0.130 e. The van der Waals surface area contributed by atoms with Crippen molar-refractivity contribution in [2.75, 3.05) is 18.0 Å². The van der Waals surface area contributed by atoms with Crippen LogP contribution in [0.15, 0.2) is 91.3 Å². The first-order chi connectivity index (χ1) is 17.9. The number of hydrogen-bond donors (Lipinski definition) is 1. The van der Waals surface area contributed by atoms with Gasteiger partial charge in [-0.05, 0) is 65.4 Å². The zero-order valence-electron chi connectivity index (χ0n) is 21.8. The molecule has 0 bridgehead atoms. The van der Waals surface area contributed by atoms with E-state index < -0.39 is 0 Å². The Morgan fingerprint density at radius 3 is 2.19 bits per heavy atom. The van der Waals surface area contributed by atoms with E-state index in [1.165, 1.54) is 11.1 Å². The van der Waals surface area contributed by atoms with Crippen LogP contribution in [0.1, 0.15) is 44.0 Å². The molecule has 1 aliphatic rings. The Labute approximate surface area is 219 Å². The van der Waals surface area contributed by atoms with E-state index in [9.17, 15) is 5.11 Å². The standard InChI is InChI=1S/C32H35N3O2/c1-23(2)32(3,27-12-14-30(15-13-27)37-22-28-6-4-5-18-33-28)26-10-7-24(8-11-26)25-9-16-31(34-20-25)35-19-17-29(36)21-35/h4-16,18,20,23,29,36H,17,19,21-22H2,1-3H3/t29-,32?/m1/s1. The molecule has 0 aliphatic carbocycles. The van der Waals surface area contributed by atoms with Crippen LogP contribution in [0.4, 0.5) is 5.82 Å². The Kier molecular flexibility index (Phi) is 7.24. The van der Waals surface area contributed by atoms with Gasteiger partial charge in [0.05, 0.1) is 11.8 Å². The average Bonchev–Trinajstić information content (AvgIpc) is 3.38. The fraction of sp³-hybridized carbons (Fsp3) is 0.312. The van der Waals surface area contributed by atoms with Gasteiger partial charge in [-0.1, -0.05) is 63.2 Å². The first kappa shape index (κ1) is 25.0. The minimum atomic E-state index is -0.250. The summed E-state index contributed by atoms with van der Waals surface area (Å²) in [5, 5.41) is 9.81. The Morgan fingerprint density at radius 1 is 0.919 bits per heavy atom. The van der Waals surface area contributed by atoms with Gasteiger partial charge in [-0.25, -0.2) is 4.98 Å². The zero-order chi connectivity index (χ0) is 25.8. The second kappa shape index (κ2) is 10.7. The summed E-state index contributed by atoms with van der Waals surface area (Å²) in [5.74, 6) is 2.17. The third kappa shape index (κ3) is 5.37. The summed E-state index contributed by atoms with van der Waals surface area (Å²) >= 11 is 0. The van der Waals surface area contributed by atoms with Crippen molar-refractivity contribution in [1.82, 2.24) is 9.97 Å². The van der Waals surface area contributed by atoms with Crippen LogP contribution in [0.5, 0.6) is 5.75 Å². The van der Waals surface area contributed by atoms with Crippen molar-refractivity contribution >= 4 is 5.82 Å². The number of hydrogen-bond acceptors (Lipinski definition) is 5. The van der Waals surface area contributed by atoms with Gasteiger partial charge in [0.25, 0.3) is 0 Å². The fourth-order valence-electron chi connectivity index (χ4n) is 5.07. The molecule has 5 rings (SSSR count). The van der Waals surface area contributed by atoms with Crippen LogP contribution < -0.4 is 9.64 Å². The van der Waals surface area contributed by atoms with E-state index in [1.807, 2.05) is 24.4 Å². The highest BCUT2D eigenvalue weighted by molar-refractivity contribution is 5.65. The van der Waals surface area contributed by atoms with Crippen LogP contribution in [0, 0.1) is 5.92 Å². The molecule has 1 aliphatic heterocycles. The van der Waals surface area contributed by atoms with Crippen LogP contribution >= 0.6 is 0 Å². The van der Waals surface area contributed by atoms with Crippen LogP contribution in [0.3, 0.4) is 0 Å². The molecule has 190 valence electrons. The maximum Gasteiger partial charge on any atom is 0.130 e. The number of pyridine rings is 2. The van der Waals surface area contributed by atoms with Gasteiger partial charge < -0.3 is 14.7 Å². The monoisotopic (exact) mass is 493 g/mol. The predicted molar refractivity (Wildman–Crippen MR) is 149 cm³/mol. The fourth-order valence-corrected chi connectivity index (χ4v) is 5.07. The molecule has 2 atom stereocenters. The largest absolute Gasteiger partial charge is 0.487 e. The number of β-amino-alcohol motifs (C(OH)–C–C–N with tert-alkyl or cyclic N) is 1. The number of aliphatic hydroxyl groups excluding tert-OH is 1. The molecule has 5 nitrogen and oxygen atoms in total. The van der Waals surface area contributed by atoms with E-state index in [1.54, 1.807) is 6.20 Å². The lowest BCUT2D eigenvalue weighted by atomic mass is 9.68. The minimum Gasteiger partial charge on any atom is -0.487 e. The SMILES string of the molecule is CC(C)C(C)(c1ccc(OCc2ccccn2)cc1)c1ccc(-c2ccc(N3CC[C@@H](O)C3)nc2)cc1. The predicted octanol–water partition coefficient (Wildman–Crippen LogP) is 6.26. The van der Waals surface area contributed by atoms with E-state index in [-0.39, 0.29) is 11.5 Å². The first-order valence-corrected chi connectivity index (χ1v) is 13.1. The summed E-state index contributed by atoms with van der Waals surface area (Å²) in [5.41, 5.74) is 5.56. The average molecular weight is 494 g/mol. The van der Waals surface area contributed by atoms with Crippen LogP contribution in [0.25, 0.3) is 11.1 Å². The molecule has 2 aromatic heterocycles. The second-order valence-electron chi connectivity index (χ2n) is 10.4. The highest BCUT2D eigenvalue weighted by Crippen LogP contribution is 2.40. The molecule has 3 heterocycles. The maximum atomic E-state index is 9.81. The molecule has 0 saturated carbocycles. The number of nitrogens with zero attached hydrogens (tertiary/aromatic N) is 3. The van der Waals surface area contributed by atoms with E-state index in [4.69, 9.17) is 4.74 Å². The zero-order valence-corrected chi connectivity index (χ0v) is 21.8. The third-order valence-electron chi connectivity index (χ3n) is 7.77. The van der Waals surface area contributed by atoms with Crippen molar-refractivity contribution < 1.29 is 9.84 Å². The lowest BCUT2D eigenvalue weighted by Crippen LogP contribution is -2.30. The molecule has 0 spiro atoms. The summed E-state index contributed by atoms with van der Waals surface area (Å²) in [6.45, 7) is 8.84. The molecule has 0 amide bonds. The number of rotatable bonds is 8. The van der Waals surface area contributed by atoms with Crippen molar-refractivity contribution in [2.24, 2.45) is 5.92 Å². The summed E-state index contributed by atoms with van der Waals surface area (Å²) in [6.07, 6.45) is 4.27. The first-order valence-electron chi connectivity index (χ1n) is 13.1. The van der Waals surface area contributed by atoms with Gasteiger partial charge in [-0.15, -0.1) is 0 Å². The molecule has 1 fully saturated rings. The van der Waals surface area contributed by atoms with Crippen molar-refractivity contribution in [3.05, 3.63) is 108 Å². The lowest BCUT2D eigenvalue weighted by Gasteiger charge is -2.35. The maximum absolute atomic E-state index is 9.81. The Morgan fingerprint density at radius 2 is 1.62 bits per heavy atom. The number of aromatic nitrogens is 2. The number of anilines is 1. The van der Waals surface area contributed by atoms with Gasteiger partial charge in [0.1, 0.15) is 18.2 Å². The van der Waals surface area contributed by atoms with Gasteiger partial charge in [-0.3, -0.25) is 4.98 Å². The van der Waals surface area contributed by atoms with Gasteiger partial charge >= 0.3 is 0 Å². The number of aliphatic hydroxyl groups is 1. The van der Waals surface area contributed by atoms with E-state index in [0.717, 1.165) is 41.4 Å². The Hall–Kier alpha value is -3.70.